The number of hydrogen-bond acceptors (Lipinski definition) is 3. The second kappa shape index (κ2) is 4.39. The fourth-order valence-corrected chi connectivity index (χ4v) is 1.90. The van der Waals surface area contributed by atoms with Crippen LogP contribution in [0.1, 0.15) is 5.56 Å². The highest BCUT2D eigenvalue weighted by atomic mass is 35.5. The minimum atomic E-state index is -0.430. The Bertz CT molecular complexity index is 356. The van der Waals surface area contributed by atoms with Crippen molar-refractivity contribution in [3.05, 3.63) is 28.8 Å². The molecule has 15 heavy (non-hydrogen) atoms. The summed E-state index contributed by atoms with van der Waals surface area (Å²) >= 11 is 5.86. The van der Waals surface area contributed by atoms with Crippen molar-refractivity contribution in [2.75, 3.05) is 18.5 Å². The molecule has 1 aromatic rings. The van der Waals surface area contributed by atoms with Crippen LogP contribution in [0.5, 0.6) is 0 Å². The van der Waals surface area contributed by atoms with Crippen LogP contribution < -0.4 is 5.32 Å². The lowest BCUT2D eigenvalue weighted by molar-refractivity contribution is 0.125. The highest BCUT2D eigenvalue weighted by Crippen LogP contribution is 2.22. The molecule has 82 valence electrons. The molecule has 0 unspecified atom stereocenters. The SMILES string of the molecule is Cc1cc(Cl)ccc1N[C@@H]1COC[C@H]1O. The zero-order chi connectivity index (χ0) is 10.8. The smallest absolute Gasteiger partial charge is 0.0996 e. The van der Waals surface area contributed by atoms with Crippen LogP contribution in [0.4, 0.5) is 5.69 Å². The monoisotopic (exact) mass is 227 g/mol. The Morgan fingerprint density at radius 3 is 2.87 bits per heavy atom. The molecule has 0 saturated carbocycles. The highest BCUT2D eigenvalue weighted by Gasteiger charge is 2.26. The third-order valence-corrected chi connectivity index (χ3v) is 2.81. The number of hydrogen-bond donors (Lipinski definition) is 2. The Hall–Kier alpha value is -0.770. The van der Waals surface area contributed by atoms with E-state index in [0.717, 1.165) is 16.3 Å². The summed E-state index contributed by atoms with van der Waals surface area (Å²) in [6, 6.07) is 5.62. The zero-order valence-electron chi connectivity index (χ0n) is 8.53. The first-order valence-electron chi connectivity index (χ1n) is 4.95. The topological polar surface area (TPSA) is 41.5 Å². The van der Waals surface area contributed by atoms with Crippen molar-refractivity contribution in [1.82, 2.24) is 0 Å². The fourth-order valence-electron chi connectivity index (χ4n) is 1.67. The van der Waals surface area contributed by atoms with Crippen LogP contribution in [0.3, 0.4) is 0 Å². The number of rotatable bonds is 2. The Morgan fingerprint density at radius 1 is 1.47 bits per heavy atom. The molecule has 2 atom stereocenters. The summed E-state index contributed by atoms with van der Waals surface area (Å²) in [6.45, 7) is 2.93. The molecule has 1 aliphatic rings. The standard InChI is InChI=1S/C11H14ClNO2/c1-7-4-8(12)2-3-9(7)13-10-5-15-6-11(10)14/h2-4,10-11,13-14H,5-6H2,1H3/t10-,11-/m1/s1. The lowest BCUT2D eigenvalue weighted by atomic mass is 10.1. The van der Waals surface area contributed by atoms with Crippen LogP contribution in [0.25, 0.3) is 0 Å². The van der Waals surface area contributed by atoms with Gasteiger partial charge in [-0.1, -0.05) is 11.6 Å². The van der Waals surface area contributed by atoms with Gasteiger partial charge in [-0.05, 0) is 30.7 Å². The summed E-state index contributed by atoms with van der Waals surface area (Å²) in [7, 11) is 0. The van der Waals surface area contributed by atoms with E-state index in [9.17, 15) is 5.11 Å². The van der Waals surface area contributed by atoms with Crippen molar-refractivity contribution in [2.24, 2.45) is 0 Å². The third kappa shape index (κ3) is 2.43. The zero-order valence-corrected chi connectivity index (χ0v) is 9.29. The summed E-state index contributed by atoms with van der Waals surface area (Å²) in [5.74, 6) is 0. The van der Waals surface area contributed by atoms with Gasteiger partial charge in [0.2, 0.25) is 0 Å². The molecule has 0 aliphatic carbocycles. The van der Waals surface area contributed by atoms with Gasteiger partial charge in [-0.15, -0.1) is 0 Å². The number of aryl methyl sites for hydroxylation is 1. The molecule has 3 nitrogen and oxygen atoms in total. The van der Waals surface area contributed by atoms with Gasteiger partial charge in [0.25, 0.3) is 0 Å². The van der Waals surface area contributed by atoms with Crippen molar-refractivity contribution in [3.8, 4) is 0 Å². The van der Waals surface area contributed by atoms with Crippen LogP contribution in [0.15, 0.2) is 18.2 Å². The van der Waals surface area contributed by atoms with Gasteiger partial charge in [-0.2, -0.15) is 0 Å². The number of anilines is 1. The second-order valence-corrected chi connectivity index (χ2v) is 4.25. The van der Waals surface area contributed by atoms with Gasteiger partial charge in [-0.25, -0.2) is 0 Å². The van der Waals surface area contributed by atoms with Gasteiger partial charge in [0.05, 0.1) is 25.4 Å². The van der Waals surface area contributed by atoms with Crippen molar-refractivity contribution in [1.29, 1.82) is 0 Å². The molecule has 1 saturated heterocycles. The van der Waals surface area contributed by atoms with E-state index in [-0.39, 0.29) is 6.04 Å². The Kier molecular flexibility index (Phi) is 3.14. The molecule has 1 fully saturated rings. The lowest BCUT2D eigenvalue weighted by Gasteiger charge is -2.17. The minimum absolute atomic E-state index is 0.0233. The second-order valence-electron chi connectivity index (χ2n) is 3.81. The van der Waals surface area contributed by atoms with Gasteiger partial charge in [0, 0.05) is 10.7 Å². The lowest BCUT2D eigenvalue weighted by Crippen LogP contribution is -2.32. The Morgan fingerprint density at radius 2 is 2.27 bits per heavy atom. The van der Waals surface area contributed by atoms with Crippen molar-refractivity contribution in [3.63, 3.8) is 0 Å². The van der Waals surface area contributed by atoms with E-state index in [1.54, 1.807) is 0 Å². The minimum Gasteiger partial charge on any atom is -0.388 e. The van der Waals surface area contributed by atoms with Crippen LogP contribution in [0.2, 0.25) is 5.02 Å². The Labute approximate surface area is 94.0 Å². The van der Waals surface area contributed by atoms with E-state index in [0.29, 0.717) is 13.2 Å². The van der Waals surface area contributed by atoms with Crippen LogP contribution in [-0.2, 0) is 4.74 Å². The van der Waals surface area contributed by atoms with Gasteiger partial charge >= 0.3 is 0 Å². The number of ether oxygens (including phenoxy) is 1. The molecule has 0 spiro atoms. The van der Waals surface area contributed by atoms with Crippen LogP contribution in [0, 0.1) is 6.92 Å². The van der Waals surface area contributed by atoms with Gasteiger partial charge < -0.3 is 15.2 Å². The maximum absolute atomic E-state index is 9.58. The van der Waals surface area contributed by atoms with Crippen molar-refractivity contribution < 1.29 is 9.84 Å². The maximum atomic E-state index is 9.58. The van der Waals surface area contributed by atoms with Gasteiger partial charge in [-0.3, -0.25) is 0 Å². The highest BCUT2D eigenvalue weighted by molar-refractivity contribution is 6.30. The van der Waals surface area contributed by atoms with Crippen LogP contribution in [-0.4, -0.2) is 30.5 Å². The van der Waals surface area contributed by atoms with E-state index in [4.69, 9.17) is 16.3 Å². The van der Waals surface area contributed by atoms with Crippen LogP contribution >= 0.6 is 11.6 Å². The quantitative estimate of drug-likeness (QED) is 0.810. The normalized spacial score (nSPS) is 25.5. The van der Waals surface area contributed by atoms with E-state index < -0.39 is 6.10 Å². The average molecular weight is 228 g/mol. The Balaban J connectivity index is 2.10. The first kappa shape index (κ1) is 10.7. The molecule has 2 rings (SSSR count). The summed E-state index contributed by atoms with van der Waals surface area (Å²) in [5, 5.41) is 13.6. The summed E-state index contributed by atoms with van der Waals surface area (Å²) in [5.41, 5.74) is 2.07. The van der Waals surface area contributed by atoms with Gasteiger partial charge in [0.1, 0.15) is 0 Å². The number of halogens is 1. The number of aliphatic hydroxyl groups is 1. The molecule has 1 aliphatic heterocycles. The molecule has 1 heterocycles. The molecular formula is C11H14ClNO2. The van der Waals surface area contributed by atoms with Gasteiger partial charge in [0.15, 0.2) is 0 Å². The fraction of sp³-hybridized carbons (Fsp3) is 0.455. The summed E-state index contributed by atoms with van der Waals surface area (Å²) < 4.78 is 5.17. The molecule has 1 aromatic carbocycles. The summed E-state index contributed by atoms with van der Waals surface area (Å²) in [4.78, 5) is 0. The predicted molar refractivity (Wildman–Crippen MR) is 60.4 cm³/mol. The van der Waals surface area contributed by atoms with E-state index in [1.807, 2.05) is 25.1 Å². The van der Waals surface area contributed by atoms with Crippen molar-refractivity contribution in [2.45, 2.75) is 19.1 Å². The van der Waals surface area contributed by atoms with E-state index in [2.05, 4.69) is 5.32 Å². The predicted octanol–water partition coefficient (Wildman–Crippen LogP) is 1.82. The molecule has 0 amide bonds. The van der Waals surface area contributed by atoms with E-state index in [1.165, 1.54) is 0 Å². The number of benzene rings is 1. The molecule has 0 bridgehead atoms. The first-order chi connectivity index (χ1) is 7.16. The molecular weight excluding hydrogens is 214 g/mol. The molecule has 4 heteroatoms. The first-order valence-corrected chi connectivity index (χ1v) is 5.33. The molecule has 2 N–H and O–H groups in total. The molecule has 0 aromatic heterocycles. The largest absolute Gasteiger partial charge is 0.388 e. The van der Waals surface area contributed by atoms with E-state index >= 15 is 0 Å². The van der Waals surface area contributed by atoms with Crippen molar-refractivity contribution >= 4 is 17.3 Å². The number of nitrogens with one attached hydrogen (secondary N) is 1. The number of aliphatic hydroxyl groups excluding tert-OH is 1. The average Bonchev–Trinajstić information content (AvgIpc) is 2.57. The maximum Gasteiger partial charge on any atom is 0.0996 e. The molecule has 0 radical (unpaired) electrons. The summed E-state index contributed by atoms with van der Waals surface area (Å²) in [6.07, 6.45) is -0.430. The third-order valence-electron chi connectivity index (χ3n) is 2.58.